The summed E-state index contributed by atoms with van der Waals surface area (Å²) < 4.78 is 7.50. The first-order valence-corrected chi connectivity index (χ1v) is 16.3. The van der Waals surface area contributed by atoms with Crippen molar-refractivity contribution in [1.29, 1.82) is 0 Å². The van der Waals surface area contributed by atoms with Crippen LogP contribution in [0, 0.1) is 11.8 Å². The molecule has 3 aliphatic rings. The highest BCUT2D eigenvalue weighted by Gasteiger charge is 2.44. The summed E-state index contributed by atoms with van der Waals surface area (Å²) in [7, 11) is 0. The molecule has 4 aromatic rings. The Morgan fingerprint density at radius 2 is 1.91 bits per heavy atom. The monoisotopic (exact) mass is 642 g/mol. The van der Waals surface area contributed by atoms with Gasteiger partial charge in [0.2, 0.25) is 5.91 Å². The number of ether oxygens (including phenoxy) is 1. The van der Waals surface area contributed by atoms with Gasteiger partial charge in [-0.2, -0.15) is 0 Å². The molecule has 11 heteroatoms. The number of nitrogens with one attached hydrogen (secondary N) is 2. The average molecular weight is 643 g/mol. The lowest BCUT2D eigenvalue weighted by atomic mass is 9.89. The maximum absolute atomic E-state index is 12.9. The highest BCUT2D eigenvalue weighted by molar-refractivity contribution is 6.30. The molecule has 2 aliphatic carbocycles. The highest BCUT2D eigenvalue weighted by atomic mass is 35.5. The molecule has 1 saturated heterocycles. The number of aromatic nitrogens is 3. The van der Waals surface area contributed by atoms with Gasteiger partial charge in [0.05, 0.1) is 18.3 Å². The van der Waals surface area contributed by atoms with Crippen molar-refractivity contribution in [3.8, 4) is 0 Å². The van der Waals surface area contributed by atoms with Gasteiger partial charge in [0.15, 0.2) is 0 Å². The number of halogens is 1. The van der Waals surface area contributed by atoms with Crippen molar-refractivity contribution in [3.05, 3.63) is 88.5 Å². The normalized spacial score (nSPS) is 20.2. The molecular formula is C35H39ClN6O4. The van der Waals surface area contributed by atoms with Gasteiger partial charge in [0.25, 0.3) is 0 Å². The van der Waals surface area contributed by atoms with Crippen molar-refractivity contribution in [2.24, 2.45) is 11.8 Å². The van der Waals surface area contributed by atoms with Crippen LogP contribution in [0.3, 0.4) is 0 Å². The topological polar surface area (TPSA) is 121 Å². The minimum absolute atomic E-state index is 0.0480. The molecule has 0 radical (unpaired) electrons. The number of aliphatic hydroxyl groups is 1. The van der Waals surface area contributed by atoms with E-state index in [1.165, 1.54) is 5.56 Å². The van der Waals surface area contributed by atoms with E-state index in [1.807, 2.05) is 67.8 Å². The molecule has 3 atom stereocenters. The Labute approximate surface area is 273 Å². The van der Waals surface area contributed by atoms with Crippen molar-refractivity contribution >= 4 is 40.8 Å². The molecule has 2 saturated carbocycles. The van der Waals surface area contributed by atoms with E-state index in [1.54, 1.807) is 11.1 Å². The molecule has 0 spiro atoms. The Morgan fingerprint density at radius 1 is 1.11 bits per heavy atom. The number of likely N-dealkylation sites (tertiary alicyclic amines) is 1. The molecule has 240 valence electrons. The van der Waals surface area contributed by atoms with E-state index in [4.69, 9.17) is 21.3 Å². The molecule has 3 aromatic heterocycles. The van der Waals surface area contributed by atoms with Gasteiger partial charge in [-0.3, -0.25) is 4.79 Å². The second-order valence-corrected chi connectivity index (χ2v) is 14.3. The van der Waals surface area contributed by atoms with Crippen molar-refractivity contribution in [1.82, 2.24) is 19.3 Å². The number of carbonyl (C=O) groups excluding carboxylic acids is 2. The van der Waals surface area contributed by atoms with Crippen molar-refractivity contribution in [2.75, 3.05) is 23.7 Å². The number of rotatable bonds is 9. The van der Waals surface area contributed by atoms with Crippen LogP contribution in [0.5, 0.6) is 0 Å². The Morgan fingerprint density at radius 3 is 2.65 bits per heavy atom. The summed E-state index contributed by atoms with van der Waals surface area (Å²) in [4.78, 5) is 36.3. The maximum Gasteiger partial charge on any atom is 0.410 e. The number of imidazole rings is 1. The first-order valence-electron chi connectivity index (χ1n) is 15.9. The summed E-state index contributed by atoms with van der Waals surface area (Å²) >= 11 is 6.13. The van der Waals surface area contributed by atoms with Gasteiger partial charge in [0, 0.05) is 65.9 Å². The molecule has 3 fully saturated rings. The lowest BCUT2D eigenvalue weighted by Gasteiger charge is -2.42. The summed E-state index contributed by atoms with van der Waals surface area (Å²) in [5.41, 5.74) is 4.84. The van der Waals surface area contributed by atoms with Gasteiger partial charge in [-0.05, 0) is 87.3 Å². The van der Waals surface area contributed by atoms with E-state index in [9.17, 15) is 14.7 Å². The Hall–Kier alpha value is -4.15. The zero-order valence-corrected chi connectivity index (χ0v) is 27.0. The fourth-order valence-electron chi connectivity index (χ4n) is 6.19. The largest absolute Gasteiger partial charge is 0.444 e. The van der Waals surface area contributed by atoms with Crippen LogP contribution in [0.2, 0.25) is 5.02 Å². The smallest absolute Gasteiger partial charge is 0.410 e. The zero-order valence-electron chi connectivity index (χ0n) is 26.2. The number of amides is 2. The molecular weight excluding hydrogens is 604 g/mol. The van der Waals surface area contributed by atoms with Crippen LogP contribution >= 0.6 is 11.6 Å². The molecule has 2 amide bonds. The molecule has 1 unspecified atom stereocenters. The van der Waals surface area contributed by atoms with E-state index >= 15 is 0 Å². The van der Waals surface area contributed by atoms with Crippen LogP contribution in [-0.2, 0) is 16.1 Å². The average Bonchev–Trinajstić information content (AvgIpc) is 3.90. The van der Waals surface area contributed by atoms with E-state index < -0.39 is 11.7 Å². The van der Waals surface area contributed by atoms with Gasteiger partial charge in [-0.25, -0.2) is 14.8 Å². The van der Waals surface area contributed by atoms with Crippen molar-refractivity contribution in [2.45, 2.75) is 70.1 Å². The number of hydrogen-bond donors (Lipinski definition) is 3. The first-order chi connectivity index (χ1) is 22.0. The predicted molar refractivity (Wildman–Crippen MR) is 176 cm³/mol. The number of fused-ring (bicyclic) bond motifs is 1. The Kier molecular flexibility index (Phi) is 7.89. The molecule has 3 N–H and O–H groups in total. The number of hydrogen-bond acceptors (Lipinski definition) is 7. The third-order valence-electron chi connectivity index (χ3n) is 8.91. The minimum atomic E-state index is -0.751. The SMILES string of the molecule is CC(C)(C)OC(=O)N1CC(C(O)c2cc(C3CC3)cn3cc(CNc4ccnc(NC(=O)[C@H]5C[C@@H]5c5cccc(Cl)c5)c4)nc23)C1. The summed E-state index contributed by atoms with van der Waals surface area (Å²) in [5.74, 6) is 0.925. The van der Waals surface area contributed by atoms with Crippen LogP contribution in [0.15, 0.2) is 61.1 Å². The van der Waals surface area contributed by atoms with Crippen LogP contribution < -0.4 is 10.6 Å². The zero-order chi connectivity index (χ0) is 32.2. The summed E-state index contributed by atoms with van der Waals surface area (Å²) in [5, 5.41) is 18.5. The summed E-state index contributed by atoms with van der Waals surface area (Å²) in [6.45, 7) is 6.87. The molecule has 10 nitrogen and oxygen atoms in total. The van der Waals surface area contributed by atoms with Crippen molar-refractivity contribution < 1.29 is 19.4 Å². The molecule has 1 aliphatic heterocycles. The molecule has 46 heavy (non-hydrogen) atoms. The Balaban J connectivity index is 1.00. The summed E-state index contributed by atoms with van der Waals surface area (Å²) in [6.07, 6.45) is 7.74. The molecule has 7 rings (SSSR count). The number of benzene rings is 1. The van der Waals surface area contributed by atoms with Crippen LogP contribution in [-0.4, -0.2) is 55.1 Å². The summed E-state index contributed by atoms with van der Waals surface area (Å²) in [6, 6.07) is 13.4. The lowest BCUT2D eigenvalue weighted by molar-refractivity contribution is -0.117. The fourth-order valence-corrected chi connectivity index (χ4v) is 6.39. The minimum Gasteiger partial charge on any atom is -0.444 e. The highest BCUT2D eigenvalue weighted by Crippen LogP contribution is 2.48. The van der Waals surface area contributed by atoms with E-state index in [2.05, 4.69) is 27.9 Å². The van der Waals surface area contributed by atoms with E-state index in [0.29, 0.717) is 42.0 Å². The number of aliphatic hydroxyl groups excluding tert-OH is 1. The predicted octanol–water partition coefficient (Wildman–Crippen LogP) is 6.51. The quantitative estimate of drug-likeness (QED) is 0.190. The van der Waals surface area contributed by atoms with Gasteiger partial charge in [-0.15, -0.1) is 0 Å². The van der Waals surface area contributed by atoms with Gasteiger partial charge in [0.1, 0.15) is 17.1 Å². The molecule has 1 aromatic carbocycles. The van der Waals surface area contributed by atoms with Gasteiger partial charge >= 0.3 is 6.09 Å². The lowest BCUT2D eigenvalue weighted by Crippen LogP contribution is -2.53. The second kappa shape index (κ2) is 11.9. The fraction of sp³-hybridized carbons (Fsp3) is 0.429. The first kappa shape index (κ1) is 30.5. The maximum atomic E-state index is 12.9. The van der Waals surface area contributed by atoms with Crippen LogP contribution in [0.25, 0.3) is 5.65 Å². The standard InChI is InChI=1S/C35H39ClN6O4/c1-35(2,3)46-34(45)42-17-23(18-42)31(43)29-12-22(20-7-8-20)16-41-19-26(39-32(29)41)15-38-25-9-10-37-30(13-25)40-33(44)28-14-27(28)21-5-4-6-24(36)11-21/h4-6,9-13,16,19-20,23,27-28,31,43H,7-8,14-15,17-18H2,1-3H3,(H2,37,38,40,44)/t27-,28+,31?/m1/s1. The molecule has 0 bridgehead atoms. The van der Waals surface area contributed by atoms with Gasteiger partial charge < -0.3 is 29.8 Å². The third kappa shape index (κ3) is 6.69. The third-order valence-corrected chi connectivity index (χ3v) is 9.15. The van der Waals surface area contributed by atoms with E-state index in [-0.39, 0.29) is 29.8 Å². The Bertz CT molecular complexity index is 1790. The second-order valence-electron chi connectivity index (χ2n) is 13.8. The van der Waals surface area contributed by atoms with E-state index in [0.717, 1.165) is 41.8 Å². The number of pyridine rings is 2. The molecule has 4 heterocycles. The van der Waals surface area contributed by atoms with Crippen LogP contribution in [0.1, 0.15) is 80.4 Å². The van der Waals surface area contributed by atoms with Crippen LogP contribution in [0.4, 0.5) is 16.3 Å². The number of nitrogens with zero attached hydrogens (tertiary/aromatic N) is 4. The number of carbonyl (C=O) groups is 2. The van der Waals surface area contributed by atoms with Gasteiger partial charge in [-0.1, -0.05) is 23.7 Å². The number of anilines is 2. The van der Waals surface area contributed by atoms with Crippen molar-refractivity contribution in [3.63, 3.8) is 0 Å².